The van der Waals surface area contributed by atoms with Crippen molar-refractivity contribution >= 4 is 29.9 Å². The second-order valence-electron chi connectivity index (χ2n) is 5.61. The Bertz CT molecular complexity index is 536. The molecule has 0 fully saturated rings. The number of nitrogens with zero attached hydrogens (tertiary/aromatic N) is 1. The first-order valence-corrected chi connectivity index (χ1v) is 7.70. The number of benzene rings is 1. The zero-order valence-electron chi connectivity index (χ0n) is 12.9. The molecular weight excluding hydrogens is 389 g/mol. The molecule has 0 aromatic heterocycles. The Hall–Kier alpha value is -1.24. The third-order valence-corrected chi connectivity index (χ3v) is 4.17. The van der Waals surface area contributed by atoms with E-state index >= 15 is 0 Å². The van der Waals surface area contributed by atoms with E-state index in [2.05, 4.69) is 46.0 Å². The van der Waals surface area contributed by atoms with Gasteiger partial charge in [-0.1, -0.05) is 30.4 Å². The number of guanidine groups is 1. The summed E-state index contributed by atoms with van der Waals surface area (Å²) < 4.78 is 5.71. The van der Waals surface area contributed by atoms with E-state index in [4.69, 9.17) is 4.74 Å². The van der Waals surface area contributed by atoms with Crippen LogP contribution in [0.25, 0.3) is 0 Å². The van der Waals surface area contributed by atoms with E-state index in [1.54, 1.807) is 0 Å². The minimum Gasteiger partial charge on any atom is -0.493 e. The van der Waals surface area contributed by atoms with Crippen molar-refractivity contribution in [2.75, 3.05) is 20.2 Å². The molecular formula is C17H24IN3O. The topological polar surface area (TPSA) is 45.7 Å². The molecule has 0 saturated heterocycles. The average Bonchev–Trinajstić information content (AvgIpc) is 3.04. The van der Waals surface area contributed by atoms with Crippen molar-refractivity contribution in [1.82, 2.24) is 10.6 Å². The maximum absolute atomic E-state index is 5.71. The third kappa shape index (κ3) is 4.15. The van der Waals surface area contributed by atoms with Gasteiger partial charge in [-0.15, -0.1) is 24.0 Å². The minimum absolute atomic E-state index is 0. The Balaban J connectivity index is 0.00000176. The summed E-state index contributed by atoms with van der Waals surface area (Å²) in [6.07, 6.45) is 7.66. The lowest BCUT2D eigenvalue weighted by Crippen LogP contribution is -2.44. The van der Waals surface area contributed by atoms with Crippen LogP contribution in [0.4, 0.5) is 0 Å². The highest BCUT2D eigenvalue weighted by Gasteiger charge is 2.21. The van der Waals surface area contributed by atoms with Gasteiger partial charge in [0.2, 0.25) is 0 Å². The van der Waals surface area contributed by atoms with Gasteiger partial charge in [-0.25, -0.2) is 0 Å². The molecule has 1 atom stereocenters. The second-order valence-corrected chi connectivity index (χ2v) is 5.61. The predicted octanol–water partition coefficient (Wildman–Crippen LogP) is 3.05. The van der Waals surface area contributed by atoms with E-state index < -0.39 is 0 Å². The monoisotopic (exact) mass is 413 g/mol. The molecule has 4 nitrogen and oxygen atoms in total. The normalized spacial score (nSPS) is 20.8. The fraction of sp³-hybridized carbons (Fsp3) is 0.471. The summed E-state index contributed by atoms with van der Waals surface area (Å²) in [4.78, 5) is 4.33. The summed E-state index contributed by atoms with van der Waals surface area (Å²) in [5.74, 6) is 2.40. The van der Waals surface area contributed by atoms with Crippen LogP contribution in [0.15, 0.2) is 41.4 Å². The van der Waals surface area contributed by atoms with Crippen molar-refractivity contribution in [2.45, 2.75) is 31.2 Å². The first-order valence-electron chi connectivity index (χ1n) is 7.70. The number of fused-ring (bicyclic) bond motifs is 1. The molecule has 0 spiro atoms. The number of ether oxygens (including phenoxy) is 1. The zero-order valence-corrected chi connectivity index (χ0v) is 15.2. The van der Waals surface area contributed by atoms with Crippen LogP contribution in [-0.2, 0) is 0 Å². The van der Waals surface area contributed by atoms with Crippen LogP contribution in [0, 0.1) is 0 Å². The number of para-hydroxylation sites is 1. The number of aliphatic imine (C=N–C) groups is 1. The van der Waals surface area contributed by atoms with Crippen LogP contribution < -0.4 is 15.4 Å². The summed E-state index contributed by atoms with van der Waals surface area (Å²) in [6.45, 7) is 1.68. The van der Waals surface area contributed by atoms with Gasteiger partial charge in [0.05, 0.1) is 6.61 Å². The van der Waals surface area contributed by atoms with Crippen LogP contribution in [0.5, 0.6) is 5.75 Å². The highest BCUT2D eigenvalue weighted by molar-refractivity contribution is 14.0. The Morgan fingerprint density at radius 1 is 1.27 bits per heavy atom. The molecule has 0 radical (unpaired) electrons. The van der Waals surface area contributed by atoms with Gasteiger partial charge in [0.1, 0.15) is 5.75 Å². The highest BCUT2D eigenvalue weighted by atomic mass is 127. The Morgan fingerprint density at radius 2 is 2.05 bits per heavy atom. The van der Waals surface area contributed by atoms with Crippen molar-refractivity contribution < 1.29 is 4.74 Å². The van der Waals surface area contributed by atoms with Crippen LogP contribution in [0.2, 0.25) is 0 Å². The van der Waals surface area contributed by atoms with Gasteiger partial charge in [0.25, 0.3) is 0 Å². The SMILES string of the molecule is CN=C(NCC1CCOc2ccccc21)NC1CC=CC1.I. The Kier molecular flexibility index (Phi) is 6.54. The highest BCUT2D eigenvalue weighted by Crippen LogP contribution is 2.32. The lowest BCUT2D eigenvalue weighted by atomic mass is 9.93. The lowest BCUT2D eigenvalue weighted by molar-refractivity contribution is 0.267. The van der Waals surface area contributed by atoms with Gasteiger partial charge >= 0.3 is 0 Å². The molecule has 3 rings (SSSR count). The van der Waals surface area contributed by atoms with Crippen molar-refractivity contribution in [3.8, 4) is 5.75 Å². The van der Waals surface area contributed by atoms with Crippen molar-refractivity contribution in [3.05, 3.63) is 42.0 Å². The van der Waals surface area contributed by atoms with E-state index in [1.807, 2.05) is 13.1 Å². The predicted molar refractivity (Wildman–Crippen MR) is 101 cm³/mol. The standard InChI is InChI=1S/C17H23N3O.HI/c1-18-17(20-14-6-2-3-7-14)19-12-13-10-11-21-16-9-5-4-8-15(13)16;/h2-5,8-9,13-14H,6-7,10-12H2,1H3,(H2,18,19,20);1H. The number of rotatable bonds is 3. The zero-order chi connectivity index (χ0) is 14.5. The number of nitrogens with one attached hydrogen (secondary N) is 2. The fourth-order valence-electron chi connectivity index (χ4n) is 2.97. The maximum atomic E-state index is 5.71. The van der Waals surface area contributed by atoms with Gasteiger partial charge in [-0.3, -0.25) is 4.99 Å². The molecule has 1 unspecified atom stereocenters. The van der Waals surface area contributed by atoms with Crippen LogP contribution in [-0.4, -0.2) is 32.2 Å². The van der Waals surface area contributed by atoms with Crippen molar-refractivity contribution in [3.63, 3.8) is 0 Å². The Labute approximate surface area is 149 Å². The van der Waals surface area contributed by atoms with Crippen LogP contribution >= 0.6 is 24.0 Å². The van der Waals surface area contributed by atoms with Gasteiger partial charge in [-0.05, 0) is 30.9 Å². The molecule has 22 heavy (non-hydrogen) atoms. The fourth-order valence-corrected chi connectivity index (χ4v) is 2.97. The van der Waals surface area contributed by atoms with E-state index in [0.717, 1.165) is 44.1 Å². The van der Waals surface area contributed by atoms with Gasteiger partial charge in [-0.2, -0.15) is 0 Å². The molecule has 0 amide bonds. The quantitative estimate of drug-likeness (QED) is 0.347. The van der Waals surface area contributed by atoms with Crippen molar-refractivity contribution in [1.29, 1.82) is 0 Å². The molecule has 2 N–H and O–H groups in total. The van der Waals surface area contributed by atoms with Gasteiger partial charge in [0.15, 0.2) is 5.96 Å². The molecule has 5 heteroatoms. The summed E-state index contributed by atoms with van der Waals surface area (Å²) in [7, 11) is 1.83. The van der Waals surface area contributed by atoms with Gasteiger partial charge in [0, 0.05) is 25.6 Å². The molecule has 1 aliphatic carbocycles. The number of hydrogen-bond acceptors (Lipinski definition) is 2. The number of hydrogen-bond donors (Lipinski definition) is 2. The maximum Gasteiger partial charge on any atom is 0.191 e. The van der Waals surface area contributed by atoms with Crippen molar-refractivity contribution in [2.24, 2.45) is 4.99 Å². The molecule has 2 aliphatic rings. The van der Waals surface area contributed by atoms with E-state index in [9.17, 15) is 0 Å². The largest absolute Gasteiger partial charge is 0.493 e. The summed E-state index contributed by atoms with van der Waals surface area (Å²) in [5.41, 5.74) is 1.30. The smallest absolute Gasteiger partial charge is 0.191 e. The minimum atomic E-state index is 0. The first kappa shape index (κ1) is 17.1. The van der Waals surface area contributed by atoms with E-state index in [0.29, 0.717) is 12.0 Å². The molecule has 120 valence electrons. The van der Waals surface area contributed by atoms with Crippen LogP contribution in [0.3, 0.4) is 0 Å². The first-order chi connectivity index (χ1) is 10.4. The lowest BCUT2D eigenvalue weighted by Gasteiger charge is -2.27. The molecule has 0 saturated carbocycles. The summed E-state index contributed by atoms with van der Waals surface area (Å²) in [6, 6.07) is 8.81. The van der Waals surface area contributed by atoms with Gasteiger partial charge < -0.3 is 15.4 Å². The molecule has 1 aromatic rings. The molecule has 1 aliphatic heterocycles. The molecule has 1 aromatic carbocycles. The average molecular weight is 413 g/mol. The van der Waals surface area contributed by atoms with Crippen LogP contribution in [0.1, 0.15) is 30.7 Å². The second kappa shape index (κ2) is 8.41. The Morgan fingerprint density at radius 3 is 2.82 bits per heavy atom. The van der Waals surface area contributed by atoms with E-state index in [1.165, 1.54) is 5.56 Å². The van der Waals surface area contributed by atoms with E-state index in [-0.39, 0.29) is 24.0 Å². The number of halogens is 1. The molecule has 0 bridgehead atoms. The molecule has 1 heterocycles. The third-order valence-electron chi connectivity index (χ3n) is 4.17. The summed E-state index contributed by atoms with van der Waals surface area (Å²) >= 11 is 0. The summed E-state index contributed by atoms with van der Waals surface area (Å²) in [5, 5.41) is 6.94.